The van der Waals surface area contributed by atoms with Crippen molar-refractivity contribution >= 4 is 5.91 Å². The zero-order valence-electron chi connectivity index (χ0n) is 16.1. The summed E-state index contributed by atoms with van der Waals surface area (Å²) in [5.74, 6) is 1.06. The number of nitrogens with zero attached hydrogens (tertiary/aromatic N) is 3. The van der Waals surface area contributed by atoms with Crippen LogP contribution >= 0.6 is 0 Å². The fourth-order valence-electron chi connectivity index (χ4n) is 2.83. The van der Waals surface area contributed by atoms with Gasteiger partial charge in [-0.05, 0) is 56.3 Å². The molecular weight excluding hydrogens is 363 g/mol. The molecule has 1 aromatic heterocycles. The normalized spacial score (nSPS) is 11.8. The first-order chi connectivity index (χ1) is 13.4. The molecule has 0 radical (unpaired) electrons. The van der Waals surface area contributed by atoms with Gasteiger partial charge in [-0.15, -0.1) is 5.10 Å². The highest BCUT2D eigenvalue weighted by Gasteiger charge is 2.20. The van der Waals surface area contributed by atoms with E-state index in [9.17, 15) is 9.18 Å². The van der Waals surface area contributed by atoms with E-state index in [-0.39, 0.29) is 17.7 Å². The summed E-state index contributed by atoms with van der Waals surface area (Å²) in [5.41, 5.74) is 1.39. The molecule has 0 unspecified atom stereocenters. The SMILES string of the molecule is COc1ccc(OC)c([C@H](C)NC(=O)c2nc(C)n(-c3ccc(F)cc3)n2)c1. The maximum Gasteiger partial charge on any atom is 0.291 e. The van der Waals surface area contributed by atoms with E-state index in [1.54, 1.807) is 51.5 Å². The van der Waals surface area contributed by atoms with E-state index < -0.39 is 5.91 Å². The number of halogens is 1. The van der Waals surface area contributed by atoms with Crippen molar-refractivity contribution in [1.29, 1.82) is 0 Å². The average Bonchev–Trinajstić information content (AvgIpc) is 3.09. The third kappa shape index (κ3) is 3.95. The summed E-state index contributed by atoms with van der Waals surface area (Å²) in [5, 5.41) is 7.11. The number of amides is 1. The zero-order chi connectivity index (χ0) is 20.3. The summed E-state index contributed by atoms with van der Waals surface area (Å²) in [6.07, 6.45) is 0. The van der Waals surface area contributed by atoms with Gasteiger partial charge in [0.15, 0.2) is 0 Å². The van der Waals surface area contributed by atoms with Crippen LogP contribution in [0.2, 0.25) is 0 Å². The number of hydrogen-bond donors (Lipinski definition) is 1. The number of carbonyl (C=O) groups excluding carboxylic acids is 1. The number of ether oxygens (including phenoxy) is 2. The van der Waals surface area contributed by atoms with Crippen LogP contribution in [0.15, 0.2) is 42.5 Å². The molecule has 0 saturated heterocycles. The van der Waals surface area contributed by atoms with Crippen molar-refractivity contribution in [2.24, 2.45) is 0 Å². The van der Waals surface area contributed by atoms with Crippen LogP contribution < -0.4 is 14.8 Å². The molecular formula is C20H21FN4O3. The topological polar surface area (TPSA) is 78.3 Å². The molecule has 0 aliphatic carbocycles. The van der Waals surface area contributed by atoms with E-state index >= 15 is 0 Å². The van der Waals surface area contributed by atoms with E-state index in [4.69, 9.17) is 9.47 Å². The minimum absolute atomic E-state index is 0.0236. The molecule has 3 rings (SSSR count). The average molecular weight is 384 g/mol. The third-order valence-corrected chi connectivity index (χ3v) is 4.29. The molecule has 7 nitrogen and oxygen atoms in total. The molecule has 1 heterocycles. The van der Waals surface area contributed by atoms with E-state index in [0.29, 0.717) is 23.0 Å². The van der Waals surface area contributed by atoms with Gasteiger partial charge in [0.1, 0.15) is 23.1 Å². The molecule has 0 fully saturated rings. The largest absolute Gasteiger partial charge is 0.497 e. The molecule has 0 spiro atoms. The predicted molar refractivity (Wildman–Crippen MR) is 101 cm³/mol. The van der Waals surface area contributed by atoms with Crippen LogP contribution in [0.5, 0.6) is 11.5 Å². The van der Waals surface area contributed by atoms with Crippen molar-refractivity contribution in [2.75, 3.05) is 14.2 Å². The van der Waals surface area contributed by atoms with Crippen LogP contribution in [0.3, 0.4) is 0 Å². The summed E-state index contributed by atoms with van der Waals surface area (Å²) in [6, 6.07) is 10.8. The first-order valence-corrected chi connectivity index (χ1v) is 8.65. The lowest BCUT2D eigenvalue weighted by molar-refractivity contribution is 0.0929. The zero-order valence-corrected chi connectivity index (χ0v) is 16.1. The highest BCUT2D eigenvalue weighted by molar-refractivity contribution is 5.90. The van der Waals surface area contributed by atoms with Gasteiger partial charge in [0.05, 0.1) is 25.9 Å². The van der Waals surface area contributed by atoms with Gasteiger partial charge in [-0.3, -0.25) is 4.79 Å². The lowest BCUT2D eigenvalue weighted by Gasteiger charge is -2.17. The fraction of sp³-hybridized carbons (Fsp3) is 0.250. The Labute approximate surface area is 162 Å². The predicted octanol–water partition coefficient (Wildman–Crippen LogP) is 3.22. The van der Waals surface area contributed by atoms with Crippen molar-refractivity contribution in [2.45, 2.75) is 19.9 Å². The van der Waals surface area contributed by atoms with Crippen LogP contribution in [0, 0.1) is 12.7 Å². The van der Waals surface area contributed by atoms with Crippen molar-refractivity contribution in [3.05, 3.63) is 65.5 Å². The van der Waals surface area contributed by atoms with Crippen LogP contribution in [0.4, 0.5) is 4.39 Å². The third-order valence-electron chi connectivity index (χ3n) is 4.29. The number of methoxy groups -OCH3 is 2. The first-order valence-electron chi connectivity index (χ1n) is 8.65. The van der Waals surface area contributed by atoms with Gasteiger partial charge >= 0.3 is 0 Å². The molecule has 28 heavy (non-hydrogen) atoms. The Balaban J connectivity index is 1.82. The number of benzene rings is 2. The minimum atomic E-state index is -0.429. The summed E-state index contributed by atoms with van der Waals surface area (Å²) in [4.78, 5) is 16.9. The van der Waals surface area contributed by atoms with Crippen molar-refractivity contribution in [3.63, 3.8) is 0 Å². The second-order valence-electron chi connectivity index (χ2n) is 6.17. The summed E-state index contributed by atoms with van der Waals surface area (Å²) < 4.78 is 25.2. The molecule has 0 bridgehead atoms. The highest BCUT2D eigenvalue weighted by Crippen LogP contribution is 2.29. The number of aryl methyl sites for hydroxylation is 1. The monoisotopic (exact) mass is 384 g/mol. The van der Waals surface area contributed by atoms with E-state index in [1.807, 2.05) is 6.92 Å². The maximum atomic E-state index is 13.1. The number of nitrogens with one attached hydrogen (secondary N) is 1. The standard InChI is InChI=1S/C20H21FN4O3/c1-12(17-11-16(27-3)9-10-18(17)28-4)22-20(26)19-23-13(2)25(24-19)15-7-5-14(21)6-8-15/h5-12H,1-4H3,(H,22,26)/t12-/m0/s1. The number of rotatable bonds is 6. The van der Waals surface area contributed by atoms with Crippen LogP contribution in [0.25, 0.3) is 5.69 Å². The number of hydrogen-bond acceptors (Lipinski definition) is 5. The van der Waals surface area contributed by atoms with Crippen molar-refractivity contribution < 1.29 is 18.7 Å². The molecule has 1 amide bonds. The second kappa shape index (κ2) is 8.08. The maximum absolute atomic E-state index is 13.1. The van der Waals surface area contributed by atoms with Gasteiger partial charge in [0, 0.05) is 5.56 Å². The highest BCUT2D eigenvalue weighted by atomic mass is 19.1. The van der Waals surface area contributed by atoms with Gasteiger partial charge in [0.2, 0.25) is 5.82 Å². The molecule has 0 aliphatic heterocycles. The Morgan fingerprint density at radius 1 is 1.14 bits per heavy atom. The van der Waals surface area contributed by atoms with Crippen LogP contribution in [-0.4, -0.2) is 34.9 Å². The lowest BCUT2D eigenvalue weighted by Crippen LogP contribution is -2.28. The van der Waals surface area contributed by atoms with Crippen LogP contribution in [0.1, 0.15) is 35.0 Å². The van der Waals surface area contributed by atoms with Gasteiger partial charge in [-0.1, -0.05) is 0 Å². The smallest absolute Gasteiger partial charge is 0.291 e. The van der Waals surface area contributed by atoms with Gasteiger partial charge in [-0.25, -0.2) is 14.1 Å². The quantitative estimate of drug-likeness (QED) is 0.706. The van der Waals surface area contributed by atoms with E-state index in [1.165, 1.54) is 16.8 Å². The Kier molecular flexibility index (Phi) is 5.58. The van der Waals surface area contributed by atoms with Gasteiger partial charge in [0.25, 0.3) is 5.91 Å². The Morgan fingerprint density at radius 3 is 2.50 bits per heavy atom. The van der Waals surface area contributed by atoms with Gasteiger partial charge in [-0.2, -0.15) is 0 Å². The molecule has 8 heteroatoms. The Bertz CT molecular complexity index is 986. The number of aromatic nitrogens is 3. The van der Waals surface area contributed by atoms with E-state index in [2.05, 4.69) is 15.4 Å². The first kappa shape index (κ1) is 19.3. The van der Waals surface area contributed by atoms with Crippen molar-refractivity contribution in [1.82, 2.24) is 20.1 Å². The van der Waals surface area contributed by atoms with Crippen molar-refractivity contribution in [3.8, 4) is 17.2 Å². The summed E-state index contributed by atoms with van der Waals surface area (Å²) in [6.45, 7) is 3.56. The number of carbonyl (C=O) groups is 1. The molecule has 146 valence electrons. The Morgan fingerprint density at radius 2 is 1.86 bits per heavy atom. The fourth-order valence-corrected chi connectivity index (χ4v) is 2.83. The molecule has 0 saturated carbocycles. The van der Waals surface area contributed by atoms with E-state index in [0.717, 1.165) is 5.56 Å². The molecule has 3 aromatic rings. The molecule has 0 aliphatic rings. The van der Waals surface area contributed by atoms with Gasteiger partial charge < -0.3 is 14.8 Å². The summed E-state index contributed by atoms with van der Waals surface area (Å²) >= 11 is 0. The van der Waals surface area contributed by atoms with Crippen LogP contribution in [-0.2, 0) is 0 Å². The Hall–Kier alpha value is -3.42. The minimum Gasteiger partial charge on any atom is -0.497 e. The summed E-state index contributed by atoms with van der Waals surface area (Å²) in [7, 11) is 3.14. The molecule has 1 N–H and O–H groups in total. The molecule has 2 aromatic carbocycles. The molecule has 1 atom stereocenters. The second-order valence-corrected chi connectivity index (χ2v) is 6.17. The lowest BCUT2D eigenvalue weighted by atomic mass is 10.1.